The zero-order valence-electron chi connectivity index (χ0n) is 32.6. The Hall–Kier alpha value is -8.02. The summed E-state index contributed by atoms with van der Waals surface area (Å²) in [6.45, 7) is 1.73. The van der Waals surface area contributed by atoms with Crippen molar-refractivity contribution in [1.29, 1.82) is 0 Å². The number of phenols is 2. The van der Waals surface area contributed by atoms with E-state index in [4.69, 9.17) is 9.47 Å². The number of aromatic hydroxyl groups is 2. The second kappa shape index (κ2) is 11.6. The maximum Gasteiger partial charge on any atom is 0.265 e. The minimum absolute atomic E-state index is 0.152. The van der Waals surface area contributed by atoms with E-state index in [0.29, 0.717) is 44.2 Å². The summed E-state index contributed by atoms with van der Waals surface area (Å²) in [5.41, 5.74) is 2.67. The number of fused-ring (bicyclic) bond motifs is 3. The molecule has 0 saturated carbocycles. The van der Waals surface area contributed by atoms with Gasteiger partial charge < -0.3 is 24.8 Å². The third-order valence-electron chi connectivity index (χ3n) is 12.9. The highest BCUT2D eigenvalue weighted by Crippen LogP contribution is 2.54. The van der Waals surface area contributed by atoms with Crippen molar-refractivity contribution in [2.24, 2.45) is 0 Å². The smallest absolute Gasteiger partial charge is 0.265 e. The fourth-order valence-corrected chi connectivity index (χ4v) is 10.3. The Balaban J connectivity index is 1.10. The molecule has 2 heterocycles. The summed E-state index contributed by atoms with van der Waals surface area (Å²) in [7, 11) is 2.87. The molecule has 1 unspecified atom stereocenters. The van der Waals surface area contributed by atoms with Crippen molar-refractivity contribution in [1.82, 2.24) is 0 Å². The third kappa shape index (κ3) is 4.29. The number of carbonyl (C=O) groups is 4. The van der Waals surface area contributed by atoms with E-state index >= 15 is 0 Å². The molecule has 12 rings (SSSR count). The number of hydrogen-bond acceptors (Lipinski definition) is 9. The lowest BCUT2D eigenvalue weighted by Gasteiger charge is -2.31. The van der Waals surface area contributed by atoms with Crippen molar-refractivity contribution in [3.8, 4) is 34.1 Å². The van der Waals surface area contributed by atoms with Crippen LogP contribution in [0.25, 0.3) is 65.0 Å². The topological polar surface area (TPSA) is 154 Å². The van der Waals surface area contributed by atoms with E-state index in [1.807, 2.05) is 42.5 Å². The third-order valence-corrected chi connectivity index (χ3v) is 12.9. The fourth-order valence-electron chi connectivity index (χ4n) is 10.3. The number of rotatable bonds is 4. The highest BCUT2D eigenvalue weighted by atomic mass is 16.5. The first-order valence-electron chi connectivity index (χ1n) is 19.5. The zero-order valence-corrected chi connectivity index (χ0v) is 32.6. The predicted molar refractivity (Wildman–Crippen MR) is 231 cm³/mol. The van der Waals surface area contributed by atoms with Crippen LogP contribution < -0.4 is 19.3 Å². The van der Waals surface area contributed by atoms with Crippen molar-refractivity contribution in [2.75, 3.05) is 24.0 Å². The summed E-state index contributed by atoms with van der Waals surface area (Å²) in [6.07, 6.45) is 0. The Morgan fingerprint density at radius 1 is 0.426 bits per heavy atom. The molecule has 3 aliphatic rings. The minimum atomic E-state index is -1.60. The van der Waals surface area contributed by atoms with Gasteiger partial charge in [-0.2, -0.15) is 0 Å². The Labute approximate surface area is 345 Å². The summed E-state index contributed by atoms with van der Waals surface area (Å²) in [4.78, 5) is 59.4. The van der Waals surface area contributed by atoms with E-state index in [1.165, 1.54) is 50.6 Å². The first-order valence-corrected chi connectivity index (χ1v) is 19.5. The second-order valence-electron chi connectivity index (χ2n) is 16.0. The maximum atomic E-state index is 14.4. The standard InChI is InChI=1S/C50H30N2O9/c1-50(59)38-14-12-31-29-7-10-35-42-34(46(55)51(47(35)56)22-16-24(53)20-26(18-22)60-2)9-6-28(40(29)42)30-4-5-32(44(38)41(30)31)33-8-11-36-43-37(13-15-39(50)45(33)43)49(58)52(48(36)57)23-17-25(54)21-27(19-23)61-3/h4-21,53-54,59H,1-3H3. The van der Waals surface area contributed by atoms with Crippen molar-refractivity contribution >= 4 is 88.9 Å². The molecule has 9 aromatic carbocycles. The van der Waals surface area contributed by atoms with E-state index in [0.717, 1.165) is 58.6 Å². The minimum Gasteiger partial charge on any atom is -0.508 e. The molecule has 11 nitrogen and oxygen atoms in total. The van der Waals surface area contributed by atoms with Crippen LogP contribution in [0.3, 0.4) is 0 Å². The van der Waals surface area contributed by atoms with Crippen LogP contribution in [0.1, 0.15) is 59.5 Å². The summed E-state index contributed by atoms with van der Waals surface area (Å²) in [6, 6.07) is 30.6. The van der Waals surface area contributed by atoms with Crippen LogP contribution in [0.5, 0.6) is 23.0 Å². The highest BCUT2D eigenvalue weighted by molar-refractivity contribution is 6.43. The van der Waals surface area contributed by atoms with Gasteiger partial charge in [-0.1, -0.05) is 48.5 Å². The molecule has 0 spiro atoms. The van der Waals surface area contributed by atoms with Crippen molar-refractivity contribution in [2.45, 2.75) is 12.5 Å². The fraction of sp³-hybridized carbons (Fsp3) is 0.0800. The molecule has 0 saturated heterocycles. The number of anilines is 2. The Morgan fingerprint density at radius 3 is 1.21 bits per heavy atom. The van der Waals surface area contributed by atoms with Crippen molar-refractivity contribution in [3.05, 3.63) is 143 Å². The van der Waals surface area contributed by atoms with Gasteiger partial charge in [-0.05, 0) is 96.5 Å². The predicted octanol–water partition coefficient (Wildman–Crippen LogP) is 9.16. The molecule has 2 aliphatic heterocycles. The van der Waals surface area contributed by atoms with Crippen LogP contribution in [-0.2, 0) is 5.60 Å². The second-order valence-corrected chi connectivity index (χ2v) is 16.0. The molecule has 0 radical (unpaired) electrons. The number of benzene rings is 9. The molecule has 0 bridgehead atoms. The van der Waals surface area contributed by atoms with Gasteiger partial charge in [0.25, 0.3) is 23.6 Å². The quantitative estimate of drug-likeness (QED) is 0.0898. The molecule has 294 valence electrons. The number of phenolic OH excluding ortho intramolecular Hbond substituents is 2. The number of methoxy groups -OCH3 is 2. The van der Waals surface area contributed by atoms with Gasteiger partial charge in [0.2, 0.25) is 0 Å². The zero-order chi connectivity index (χ0) is 42.0. The van der Waals surface area contributed by atoms with Crippen LogP contribution in [0, 0.1) is 0 Å². The molecular weight excluding hydrogens is 773 g/mol. The molecular formula is C50H30N2O9. The van der Waals surface area contributed by atoms with Crippen LogP contribution in [0.4, 0.5) is 11.4 Å². The molecule has 0 aromatic heterocycles. The molecule has 1 atom stereocenters. The summed E-state index contributed by atoms with van der Waals surface area (Å²) < 4.78 is 10.6. The number of aliphatic hydroxyl groups is 1. The van der Waals surface area contributed by atoms with Gasteiger partial charge in [-0.25, -0.2) is 9.80 Å². The van der Waals surface area contributed by atoms with Crippen LogP contribution >= 0.6 is 0 Å². The van der Waals surface area contributed by atoms with E-state index in [2.05, 4.69) is 0 Å². The SMILES string of the molecule is COc1cc(O)cc(N2C(=O)c3ccc4c5c(ccc(c35)C2=O)C(C)(O)c2ccc3c5ccc6c7c(ccc(c8ccc-4c2c83)c75)C(=O)N(c2cc(O)cc(OC)c2)C6=O)c1. The van der Waals surface area contributed by atoms with Gasteiger partial charge in [0.15, 0.2) is 0 Å². The van der Waals surface area contributed by atoms with E-state index in [9.17, 15) is 34.5 Å². The van der Waals surface area contributed by atoms with E-state index < -0.39 is 29.2 Å². The summed E-state index contributed by atoms with van der Waals surface area (Å²) in [5, 5.41) is 41.0. The molecule has 0 fully saturated rings. The Morgan fingerprint density at radius 2 is 0.754 bits per heavy atom. The van der Waals surface area contributed by atoms with Gasteiger partial charge >= 0.3 is 0 Å². The van der Waals surface area contributed by atoms with Gasteiger partial charge in [-0.15, -0.1) is 0 Å². The molecule has 4 amide bonds. The van der Waals surface area contributed by atoms with Gasteiger partial charge in [0.05, 0.1) is 25.6 Å². The lowest BCUT2D eigenvalue weighted by Crippen LogP contribution is -2.40. The van der Waals surface area contributed by atoms with Crippen LogP contribution in [-0.4, -0.2) is 53.2 Å². The maximum absolute atomic E-state index is 14.4. The Bertz CT molecular complexity index is 3520. The van der Waals surface area contributed by atoms with Gasteiger partial charge in [0, 0.05) is 69.4 Å². The average Bonchev–Trinajstić information content (AvgIpc) is 3.33. The first-order chi connectivity index (χ1) is 29.4. The number of amides is 4. The molecule has 3 N–H and O–H groups in total. The number of nitrogens with zero attached hydrogens (tertiary/aromatic N) is 2. The molecule has 11 heteroatoms. The highest BCUT2D eigenvalue weighted by Gasteiger charge is 2.42. The van der Waals surface area contributed by atoms with Crippen molar-refractivity contribution in [3.63, 3.8) is 0 Å². The number of carbonyl (C=O) groups excluding carboxylic acids is 4. The van der Waals surface area contributed by atoms with E-state index in [1.54, 1.807) is 37.3 Å². The number of hydrogen-bond donors (Lipinski definition) is 3. The summed E-state index contributed by atoms with van der Waals surface area (Å²) in [5.74, 6) is -1.97. The average molecular weight is 803 g/mol. The lowest BCUT2D eigenvalue weighted by molar-refractivity contribution is 0.0877. The van der Waals surface area contributed by atoms with Gasteiger partial charge in [-0.3, -0.25) is 19.2 Å². The molecule has 9 aromatic rings. The molecule has 61 heavy (non-hydrogen) atoms. The number of ether oxygens (including phenoxy) is 2. The van der Waals surface area contributed by atoms with Crippen molar-refractivity contribution < 1.29 is 44.0 Å². The Kier molecular flexibility index (Phi) is 6.64. The largest absolute Gasteiger partial charge is 0.508 e. The van der Waals surface area contributed by atoms with E-state index in [-0.39, 0.29) is 39.8 Å². The lowest BCUT2D eigenvalue weighted by atomic mass is 9.80. The summed E-state index contributed by atoms with van der Waals surface area (Å²) >= 11 is 0. The normalized spacial score (nSPS) is 16.8. The number of imide groups is 2. The van der Waals surface area contributed by atoms with Crippen LogP contribution in [0.15, 0.2) is 109 Å². The molecule has 1 aliphatic carbocycles. The monoisotopic (exact) mass is 802 g/mol. The first kappa shape index (κ1) is 35.0. The van der Waals surface area contributed by atoms with Gasteiger partial charge in [0.1, 0.15) is 28.6 Å². The van der Waals surface area contributed by atoms with Crippen LogP contribution in [0.2, 0.25) is 0 Å².